The molecule has 0 aromatic carbocycles. The third-order valence-electron chi connectivity index (χ3n) is 4.93. The molecule has 1 aromatic rings. The van der Waals surface area contributed by atoms with E-state index in [1.54, 1.807) is 13.1 Å². The fourth-order valence-electron chi connectivity index (χ4n) is 3.60. The number of pyridine rings is 1. The summed E-state index contributed by atoms with van der Waals surface area (Å²) in [5.74, 6) is 1.21. The lowest BCUT2D eigenvalue weighted by atomic mass is 9.85. The van der Waals surface area contributed by atoms with Crippen molar-refractivity contribution in [1.29, 1.82) is 0 Å². The molecular weight excluding hydrogens is 278 g/mol. The van der Waals surface area contributed by atoms with Crippen LogP contribution in [0.5, 0.6) is 0 Å². The van der Waals surface area contributed by atoms with Crippen LogP contribution in [0.25, 0.3) is 0 Å². The predicted octanol–water partition coefficient (Wildman–Crippen LogP) is 2.12. The third kappa shape index (κ3) is 2.49. The summed E-state index contributed by atoms with van der Waals surface area (Å²) >= 11 is 0. The summed E-state index contributed by atoms with van der Waals surface area (Å²) < 4.78 is 0. The first-order valence-electron chi connectivity index (χ1n) is 8.07. The van der Waals surface area contributed by atoms with Crippen molar-refractivity contribution in [1.82, 2.24) is 9.88 Å². The van der Waals surface area contributed by atoms with Gasteiger partial charge in [0.2, 0.25) is 5.91 Å². The minimum Gasteiger partial charge on any atom is -0.356 e. The van der Waals surface area contributed by atoms with E-state index in [4.69, 9.17) is 0 Å². The molecule has 1 atom stereocenters. The topological polar surface area (TPSA) is 53.5 Å². The monoisotopic (exact) mass is 301 g/mol. The van der Waals surface area contributed by atoms with E-state index >= 15 is 0 Å². The van der Waals surface area contributed by atoms with Gasteiger partial charge in [-0.05, 0) is 38.3 Å². The number of Topliss-reactive ketones (excluding diaryl/α,β-unsaturated/α-hetero) is 1. The first kappa shape index (κ1) is 15.0. The second kappa shape index (κ2) is 5.71. The summed E-state index contributed by atoms with van der Waals surface area (Å²) in [5.41, 5.74) is 0.416. The van der Waals surface area contributed by atoms with Gasteiger partial charge in [0.15, 0.2) is 5.78 Å². The molecule has 2 saturated heterocycles. The molecule has 0 aliphatic carbocycles. The van der Waals surface area contributed by atoms with Crippen molar-refractivity contribution in [2.45, 2.75) is 33.1 Å². The Morgan fingerprint density at radius 3 is 2.73 bits per heavy atom. The highest BCUT2D eigenvalue weighted by molar-refractivity contribution is 5.93. The van der Waals surface area contributed by atoms with E-state index in [0.29, 0.717) is 11.5 Å². The van der Waals surface area contributed by atoms with Crippen molar-refractivity contribution >= 4 is 17.5 Å². The number of likely N-dealkylation sites (tertiary alicyclic amines) is 1. The Labute approximate surface area is 131 Å². The predicted molar refractivity (Wildman–Crippen MR) is 85.0 cm³/mol. The van der Waals surface area contributed by atoms with Crippen molar-refractivity contribution in [3.8, 4) is 0 Å². The molecule has 3 heterocycles. The quantitative estimate of drug-likeness (QED) is 0.799. The Morgan fingerprint density at radius 1 is 1.32 bits per heavy atom. The zero-order valence-corrected chi connectivity index (χ0v) is 13.3. The number of nitrogens with zero attached hydrogens (tertiary/aromatic N) is 3. The second-order valence-electron chi connectivity index (χ2n) is 6.46. The lowest BCUT2D eigenvalue weighted by Gasteiger charge is -2.24. The molecule has 1 amide bonds. The van der Waals surface area contributed by atoms with Crippen molar-refractivity contribution < 1.29 is 9.59 Å². The van der Waals surface area contributed by atoms with Gasteiger partial charge in [-0.2, -0.15) is 0 Å². The number of ketones is 1. The van der Waals surface area contributed by atoms with Crippen LogP contribution in [0, 0.1) is 5.41 Å². The molecule has 0 N–H and O–H groups in total. The molecule has 0 radical (unpaired) electrons. The Hall–Kier alpha value is -1.91. The highest BCUT2D eigenvalue weighted by Crippen LogP contribution is 2.41. The van der Waals surface area contributed by atoms with Gasteiger partial charge in [-0.3, -0.25) is 9.59 Å². The molecular formula is C17H23N3O2. The van der Waals surface area contributed by atoms with Crippen LogP contribution in [-0.2, 0) is 4.79 Å². The van der Waals surface area contributed by atoms with Crippen LogP contribution in [0.3, 0.4) is 0 Å². The third-order valence-corrected chi connectivity index (χ3v) is 4.93. The van der Waals surface area contributed by atoms with Gasteiger partial charge in [0.25, 0.3) is 0 Å². The van der Waals surface area contributed by atoms with E-state index in [-0.39, 0.29) is 11.2 Å². The summed E-state index contributed by atoms with van der Waals surface area (Å²) in [6, 6.07) is 3.70. The van der Waals surface area contributed by atoms with Gasteiger partial charge < -0.3 is 9.80 Å². The molecule has 5 heteroatoms. The number of anilines is 1. The van der Waals surface area contributed by atoms with E-state index in [1.165, 1.54) is 0 Å². The van der Waals surface area contributed by atoms with Crippen LogP contribution in [0.15, 0.2) is 18.3 Å². The highest BCUT2D eigenvalue weighted by Gasteiger charge is 2.50. The second-order valence-corrected chi connectivity index (χ2v) is 6.46. The van der Waals surface area contributed by atoms with Gasteiger partial charge in [0.05, 0.1) is 5.41 Å². The molecule has 3 rings (SSSR count). The van der Waals surface area contributed by atoms with Gasteiger partial charge in [0.1, 0.15) is 5.82 Å². The van der Waals surface area contributed by atoms with Gasteiger partial charge in [-0.15, -0.1) is 0 Å². The number of hydrogen-bond acceptors (Lipinski definition) is 4. The molecule has 2 aliphatic rings. The van der Waals surface area contributed by atoms with E-state index in [1.807, 2.05) is 17.0 Å². The van der Waals surface area contributed by atoms with Crippen LogP contribution in [0.2, 0.25) is 0 Å². The van der Waals surface area contributed by atoms with Crippen LogP contribution in [-0.4, -0.2) is 47.8 Å². The van der Waals surface area contributed by atoms with E-state index < -0.39 is 0 Å². The molecule has 1 spiro atoms. The molecule has 2 aliphatic heterocycles. The fourth-order valence-corrected chi connectivity index (χ4v) is 3.60. The summed E-state index contributed by atoms with van der Waals surface area (Å²) in [4.78, 5) is 32.6. The van der Waals surface area contributed by atoms with E-state index in [9.17, 15) is 9.59 Å². The average molecular weight is 301 g/mol. The maximum atomic E-state index is 12.7. The Bertz CT molecular complexity index is 584. The molecule has 5 nitrogen and oxygen atoms in total. The lowest BCUT2D eigenvalue weighted by molar-refractivity contribution is -0.135. The number of hydrogen-bond donors (Lipinski definition) is 0. The Kier molecular flexibility index (Phi) is 3.89. The number of rotatable bonds is 4. The minimum atomic E-state index is -0.212. The largest absolute Gasteiger partial charge is 0.356 e. The highest BCUT2D eigenvalue weighted by atomic mass is 16.2. The smallest absolute Gasteiger partial charge is 0.230 e. The van der Waals surface area contributed by atoms with Gasteiger partial charge in [-0.25, -0.2) is 4.98 Å². The van der Waals surface area contributed by atoms with E-state index in [2.05, 4.69) is 16.8 Å². The summed E-state index contributed by atoms with van der Waals surface area (Å²) in [5, 5.41) is 0. The molecule has 22 heavy (non-hydrogen) atoms. The summed E-state index contributed by atoms with van der Waals surface area (Å²) in [6.45, 7) is 7.01. The normalized spacial score (nSPS) is 24.5. The lowest BCUT2D eigenvalue weighted by Crippen LogP contribution is -2.37. The van der Waals surface area contributed by atoms with Crippen LogP contribution in [0.4, 0.5) is 5.82 Å². The van der Waals surface area contributed by atoms with Crippen molar-refractivity contribution in [2.75, 3.05) is 31.1 Å². The van der Waals surface area contributed by atoms with Crippen molar-refractivity contribution in [3.05, 3.63) is 23.9 Å². The standard InChI is InChI=1S/C17H23N3O2/c1-3-8-19-9-6-17(16(19)22)7-10-20(12-17)15-5-4-14(11-18-15)13(2)21/h4-5,11H,3,6-10,12H2,1-2H3. The molecule has 2 fully saturated rings. The van der Waals surface area contributed by atoms with Crippen molar-refractivity contribution in [2.24, 2.45) is 5.41 Å². The number of amides is 1. The molecule has 1 unspecified atom stereocenters. The minimum absolute atomic E-state index is 0.0260. The average Bonchev–Trinajstić information content (AvgIpc) is 3.08. The Morgan fingerprint density at radius 2 is 2.09 bits per heavy atom. The maximum absolute atomic E-state index is 12.7. The molecule has 118 valence electrons. The van der Waals surface area contributed by atoms with Crippen LogP contribution < -0.4 is 4.90 Å². The molecule has 0 saturated carbocycles. The van der Waals surface area contributed by atoms with Gasteiger partial charge in [0, 0.05) is 37.9 Å². The SMILES string of the molecule is CCCN1CCC2(CCN(c3ccc(C(C)=O)cn3)C2)C1=O. The first-order valence-corrected chi connectivity index (χ1v) is 8.07. The zero-order valence-electron chi connectivity index (χ0n) is 13.3. The summed E-state index contributed by atoms with van der Waals surface area (Å²) in [6.07, 6.45) is 4.50. The maximum Gasteiger partial charge on any atom is 0.230 e. The number of carbonyl (C=O) groups is 2. The molecule has 1 aromatic heterocycles. The Balaban J connectivity index is 1.72. The number of carbonyl (C=O) groups excluding carboxylic acids is 2. The zero-order chi connectivity index (χ0) is 15.7. The van der Waals surface area contributed by atoms with E-state index in [0.717, 1.165) is 51.3 Å². The first-order chi connectivity index (χ1) is 10.6. The fraction of sp³-hybridized carbons (Fsp3) is 0.588. The summed E-state index contributed by atoms with van der Waals surface area (Å²) in [7, 11) is 0. The van der Waals surface area contributed by atoms with Crippen LogP contribution >= 0.6 is 0 Å². The van der Waals surface area contributed by atoms with Crippen molar-refractivity contribution in [3.63, 3.8) is 0 Å². The van der Waals surface area contributed by atoms with Gasteiger partial charge >= 0.3 is 0 Å². The molecule has 0 bridgehead atoms. The number of aromatic nitrogens is 1. The van der Waals surface area contributed by atoms with Crippen LogP contribution in [0.1, 0.15) is 43.5 Å². The van der Waals surface area contributed by atoms with Gasteiger partial charge in [-0.1, -0.05) is 6.92 Å².